The van der Waals surface area contributed by atoms with Gasteiger partial charge in [-0.15, -0.1) is 0 Å². The van der Waals surface area contributed by atoms with Gasteiger partial charge < -0.3 is 15.6 Å². The summed E-state index contributed by atoms with van der Waals surface area (Å²) in [6.45, 7) is 1.38. The zero-order valence-electron chi connectivity index (χ0n) is 11.3. The minimum atomic E-state index is -3.90. The predicted molar refractivity (Wildman–Crippen MR) is 73.5 cm³/mol. The number of rotatable bonds is 7. The summed E-state index contributed by atoms with van der Waals surface area (Å²) in [6.07, 6.45) is -0.579. The number of carboxylic acid groups (broad SMARTS) is 1. The Bertz CT molecular complexity index is 641. The van der Waals surface area contributed by atoms with E-state index in [-0.39, 0.29) is 23.6 Å². The Morgan fingerprint density at radius 3 is 2.57 bits per heavy atom. The highest BCUT2D eigenvalue weighted by molar-refractivity contribution is 7.89. The first kappa shape index (κ1) is 16.9. The summed E-state index contributed by atoms with van der Waals surface area (Å²) in [4.78, 5) is 21.2. The van der Waals surface area contributed by atoms with Crippen LogP contribution in [0.4, 0.5) is 4.79 Å². The molecule has 0 atom stereocenters. The van der Waals surface area contributed by atoms with E-state index in [0.717, 1.165) is 6.07 Å². The van der Waals surface area contributed by atoms with Crippen molar-refractivity contribution in [3.63, 3.8) is 0 Å². The molecule has 1 rings (SSSR count). The van der Waals surface area contributed by atoms with Crippen LogP contribution in [0.25, 0.3) is 0 Å². The van der Waals surface area contributed by atoms with E-state index < -0.39 is 22.1 Å². The van der Waals surface area contributed by atoms with Crippen molar-refractivity contribution in [1.82, 2.24) is 4.72 Å². The quantitative estimate of drug-likeness (QED) is 0.620. The van der Waals surface area contributed by atoms with Crippen molar-refractivity contribution in [2.24, 2.45) is 5.73 Å². The lowest BCUT2D eigenvalue weighted by molar-refractivity contribution is 0.0696. The summed E-state index contributed by atoms with van der Waals surface area (Å²) in [7, 11) is -3.90. The molecule has 0 aromatic heterocycles. The van der Waals surface area contributed by atoms with E-state index >= 15 is 0 Å². The summed E-state index contributed by atoms with van der Waals surface area (Å²) >= 11 is 0. The second-order valence-corrected chi connectivity index (χ2v) is 5.78. The van der Waals surface area contributed by atoms with Gasteiger partial charge >= 0.3 is 12.1 Å². The van der Waals surface area contributed by atoms with Crippen LogP contribution in [0.1, 0.15) is 22.8 Å². The first-order valence-corrected chi connectivity index (χ1v) is 7.54. The molecule has 1 aromatic rings. The lowest BCUT2D eigenvalue weighted by Crippen LogP contribution is -2.30. The number of amides is 1. The summed E-state index contributed by atoms with van der Waals surface area (Å²) < 4.78 is 30.9. The molecule has 0 unspecified atom stereocenters. The van der Waals surface area contributed by atoms with Crippen LogP contribution in [0.2, 0.25) is 0 Å². The summed E-state index contributed by atoms with van der Waals surface area (Å²) in [6, 6.07) is 3.90. The maximum atomic E-state index is 12.2. The second-order valence-electron chi connectivity index (χ2n) is 4.05. The molecule has 0 aliphatic heterocycles. The largest absolute Gasteiger partial charge is 0.478 e. The van der Waals surface area contributed by atoms with E-state index in [9.17, 15) is 18.0 Å². The smallest absolute Gasteiger partial charge is 0.404 e. The highest BCUT2D eigenvalue weighted by Gasteiger charge is 2.19. The van der Waals surface area contributed by atoms with Gasteiger partial charge in [-0.2, -0.15) is 0 Å². The fourth-order valence-electron chi connectivity index (χ4n) is 1.64. The van der Waals surface area contributed by atoms with Crippen LogP contribution in [0.3, 0.4) is 0 Å². The van der Waals surface area contributed by atoms with Crippen LogP contribution < -0.4 is 10.5 Å². The van der Waals surface area contributed by atoms with Crippen LogP contribution >= 0.6 is 0 Å². The molecule has 9 heteroatoms. The highest BCUT2D eigenvalue weighted by atomic mass is 32.2. The van der Waals surface area contributed by atoms with E-state index in [1.165, 1.54) is 12.1 Å². The molecule has 0 saturated heterocycles. The molecular weight excluding hydrogens is 300 g/mol. The fourth-order valence-corrected chi connectivity index (χ4v) is 2.98. The SMILES string of the molecule is CCc1ccc(C(=O)O)cc1S(=O)(=O)NCCOC(N)=O. The Kier molecular flexibility index (Phi) is 5.68. The predicted octanol–water partition coefficient (Wildman–Crippen LogP) is 0.321. The van der Waals surface area contributed by atoms with E-state index in [4.69, 9.17) is 10.8 Å². The zero-order chi connectivity index (χ0) is 16.0. The Hall–Kier alpha value is -2.13. The van der Waals surface area contributed by atoms with Crippen molar-refractivity contribution in [2.45, 2.75) is 18.2 Å². The zero-order valence-corrected chi connectivity index (χ0v) is 12.1. The molecule has 116 valence electrons. The average molecular weight is 316 g/mol. The van der Waals surface area contributed by atoms with Crippen molar-refractivity contribution in [1.29, 1.82) is 0 Å². The first-order chi connectivity index (χ1) is 9.77. The third kappa shape index (κ3) is 4.72. The number of ether oxygens (including phenoxy) is 1. The molecular formula is C12H16N2O6S. The Morgan fingerprint density at radius 1 is 1.38 bits per heavy atom. The maximum absolute atomic E-state index is 12.2. The molecule has 0 heterocycles. The van der Waals surface area contributed by atoms with Gasteiger partial charge in [0.05, 0.1) is 10.5 Å². The third-order valence-electron chi connectivity index (χ3n) is 2.62. The number of nitrogens with one attached hydrogen (secondary N) is 1. The minimum Gasteiger partial charge on any atom is -0.478 e. The number of aromatic carboxylic acids is 1. The van der Waals surface area contributed by atoms with Crippen molar-refractivity contribution in [3.8, 4) is 0 Å². The summed E-state index contributed by atoms with van der Waals surface area (Å²) in [5, 5.41) is 8.93. The standard InChI is InChI=1S/C12H16N2O6S/c1-2-8-3-4-9(11(15)16)7-10(8)21(18,19)14-5-6-20-12(13)17/h3-4,7,14H,2,5-6H2,1H3,(H2,13,17)(H,15,16). The molecule has 0 radical (unpaired) electrons. The molecule has 0 aliphatic carbocycles. The minimum absolute atomic E-state index is 0.107. The Balaban J connectivity index is 2.97. The molecule has 21 heavy (non-hydrogen) atoms. The maximum Gasteiger partial charge on any atom is 0.404 e. The topological polar surface area (TPSA) is 136 Å². The molecule has 4 N–H and O–H groups in total. The summed E-state index contributed by atoms with van der Waals surface area (Å²) in [5.41, 5.74) is 5.11. The molecule has 0 bridgehead atoms. The lowest BCUT2D eigenvalue weighted by Gasteiger charge is -2.11. The van der Waals surface area contributed by atoms with Gasteiger partial charge in [0.2, 0.25) is 10.0 Å². The van der Waals surface area contributed by atoms with Crippen molar-refractivity contribution in [3.05, 3.63) is 29.3 Å². The van der Waals surface area contributed by atoms with Gasteiger partial charge in [-0.25, -0.2) is 22.7 Å². The summed E-state index contributed by atoms with van der Waals surface area (Å²) in [5.74, 6) is -1.22. The average Bonchev–Trinajstić information content (AvgIpc) is 2.42. The van der Waals surface area contributed by atoms with Gasteiger partial charge in [0.1, 0.15) is 6.61 Å². The number of hydrogen-bond donors (Lipinski definition) is 3. The van der Waals surface area contributed by atoms with Crippen molar-refractivity contribution >= 4 is 22.1 Å². The number of nitrogens with two attached hydrogens (primary N) is 1. The number of benzene rings is 1. The van der Waals surface area contributed by atoms with Gasteiger partial charge in [-0.05, 0) is 24.1 Å². The van der Waals surface area contributed by atoms with Crippen molar-refractivity contribution < 1.29 is 27.9 Å². The van der Waals surface area contributed by atoms with Crippen molar-refractivity contribution in [2.75, 3.05) is 13.2 Å². The van der Waals surface area contributed by atoms with Gasteiger partial charge in [-0.3, -0.25) is 0 Å². The van der Waals surface area contributed by atoms with Gasteiger partial charge in [-0.1, -0.05) is 13.0 Å². The molecule has 0 aliphatic rings. The first-order valence-electron chi connectivity index (χ1n) is 6.06. The third-order valence-corrected chi connectivity index (χ3v) is 4.17. The molecule has 0 saturated carbocycles. The Morgan fingerprint density at radius 2 is 2.05 bits per heavy atom. The fraction of sp³-hybridized carbons (Fsp3) is 0.333. The highest BCUT2D eigenvalue weighted by Crippen LogP contribution is 2.18. The number of sulfonamides is 1. The van der Waals surface area contributed by atoms with E-state index in [0.29, 0.717) is 12.0 Å². The number of hydrogen-bond acceptors (Lipinski definition) is 5. The van der Waals surface area contributed by atoms with Crippen LogP contribution in [0.5, 0.6) is 0 Å². The number of carbonyl (C=O) groups is 2. The molecule has 1 amide bonds. The van der Waals surface area contributed by atoms with Gasteiger partial charge in [0.15, 0.2) is 0 Å². The Labute approximate surface area is 122 Å². The van der Waals surface area contributed by atoms with E-state index in [1.54, 1.807) is 6.92 Å². The number of primary amides is 1. The van der Waals surface area contributed by atoms with Gasteiger partial charge in [0.25, 0.3) is 0 Å². The lowest BCUT2D eigenvalue weighted by atomic mass is 10.1. The van der Waals surface area contributed by atoms with Crippen LogP contribution in [-0.2, 0) is 21.2 Å². The molecule has 0 spiro atoms. The van der Waals surface area contributed by atoms with E-state index in [1.807, 2.05) is 0 Å². The monoisotopic (exact) mass is 316 g/mol. The normalized spacial score (nSPS) is 11.1. The molecule has 1 aromatic carbocycles. The number of aryl methyl sites for hydroxylation is 1. The molecule has 8 nitrogen and oxygen atoms in total. The van der Waals surface area contributed by atoms with Crippen LogP contribution in [0.15, 0.2) is 23.1 Å². The number of carboxylic acids is 1. The second kappa shape index (κ2) is 7.04. The van der Waals surface area contributed by atoms with Crippen LogP contribution in [0, 0.1) is 0 Å². The molecule has 0 fully saturated rings. The van der Waals surface area contributed by atoms with Crippen LogP contribution in [-0.4, -0.2) is 38.7 Å². The number of carbonyl (C=O) groups excluding carboxylic acids is 1. The van der Waals surface area contributed by atoms with Gasteiger partial charge in [0, 0.05) is 6.54 Å². The van der Waals surface area contributed by atoms with E-state index in [2.05, 4.69) is 9.46 Å².